The van der Waals surface area contributed by atoms with Crippen LogP contribution in [0.15, 0.2) is 36.7 Å². The van der Waals surface area contributed by atoms with Gasteiger partial charge in [-0.1, -0.05) is 0 Å². The van der Waals surface area contributed by atoms with Gasteiger partial charge in [0.2, 0.25) is 5.95 Å². The summed E-state index contributed by atoms with van der Waals surface area (Å²) < 4.78 is 13.3. The van der Waals surface area contributed by atoms with Crippen LogP contribution >= 0.6 is 0 Å². The highest BCUT2D eigenvalue weighted by atomic mass is 19.1. The number of nitrogens with two attached hydrogens (primary N) is 1. The summed E-state index contributed by atoms with van der Waals surface area (Å²) in [6.45, 7) is 2.04. The van der Waals surface area contributed by atoms with E-state index in [-0.39, 0.29) is 12.0 Å². The Kier molecular flexibility index (Phi) is 3.97. The zero-order valence-corrected chi connectivity index (χ0v) is 16.1. The Morgan fingerprint density at radius 1 is 1.28 bits per heavy atom. The first-order valence-electron chi connectivity index (χ1n) is 9.50. The molecule has 3 atom stereocenters. The van der Waals surface area contributed by atoms with Crippen molar-refractivity contribution < 1.29 is 4.39 Å². The zero-order valence-electron chi connectivity index (χ0n) is 16.1. The molecule has 1 fully saturated rings. The van der Waals surface area contributed by atoms with Crippen molar-refractivity contribution in [1.29, 1.82) is 0 Å². The number of fused-ring (bicyclic) bond motifs is 1. The molecule has 0 saturated heterocycles. The van der Waals surface area contributed by atoms with Crippen LogP contribution in [0.2, 0.25) is 0 Å². The molecule has 1 aliphatic rings. The summed E-state index contributed by atoms with van der Waals surface area (Å²) in [6.07, 6.45) is 3.28. The number of aromatic nitrogens is 6. The molecule has 0 radical (unpaired) electrons. The Hall–Kier alpha value is -3.49. The number of nitrogen functional groups attached to an aromatic ring is 1. The number of hydrogen-bond acceptors (Lipinski definition) is 6. The zero-order chi connectivity index (χ0) is 20.1. The van der Waals surface area contributed by atoms with Crippen LogP contribution in [0.25, 0.3) is 22.3 Å². The van der Waals surface area contributed by atoms with Crippen LogP contribution < -0.4 is 10.6 Å². The maximum absolute atomic E-state index is 13.3. The molecule has 4 aromatic heterocycles. The second kappa shape index (κ2) is 6.54. The van der Waals surface area contributed by atoms with Crippen molar-refractivity contribution in [2.45, 2.75) is 31.5 Å². The maximum Gasteiger partial charge on any atom is 0.227 e. The summed E-state index contributed by atoms with van der Waals surface area (Å²) in [7, 11) is 1.91. The van der Waals surface area contributed by atoms with Gasteiger partial charge in [-0.15, -0.1) is 0 Å². The molecule has 4 heterocycles. The molecule has 148 valence electrons. The van der Waals surface area contributed by atoms with E-state index >= 15 is 0 Å². The van der Waals surface area contributed by atoms with Crippen LogP contribution in [-0.2, 0) is 0 Å². The highest BCUT2D eigenvalue weighted by molar-refractivity contribution is 5.75. The highest BCUT2D eigenvalue weighted by Crippen LogP contribution is 2.43. The molecule has 0 bridgehead atoms. The second-order valence-corrected chi connectivity index (χ2v) is 7.47. The molecular weight excluding hydrogens is 371 g/mol. The number of aromatic amines is 2. The Labute approximate surface area is 166 Å². The predicted molar refractivity (Wildman–Crippen MR) is 109 cm³/mol. The van der Waals surface area contributed by atoms with Gasteiger partial charge in [0.25, 0.3) is 0 Å². The smallest absolute Gasteiger partial charge is 0.227 e. The number of alkyl halides is 1. The fourth-order valence-corrected chi connectivity index (χ4v) is 3.46. The predicted octanol–water partition coefficient (Wildman–Crippen LogP) is 3.35. The van der Waals surface area contributed by atoms with Crippen LogP contribution in [-0.4, -0.2) is 43.4 Å². The first-order valence-corrected chi connectivity index (χ1v) is 9.50. The van der Waals surface area contributed by atoms with Gasteiger partial charge in [-0.3, -0.25) is 5.10 Å². The fourth-order valence-electron chi connectivity index (χ4n) is 3.46. The summed E-state index contributed by atoms with van der Waals surface area (Å²) in [5, 5.41) is 7.14. The molecule has 1 saturated carbocycles. The second-order valence-electron chi connectivity index (χ2n) is 7.47. The molecule has 0 amide bonds. The number of H-pyrrole nitrogens is 2. The first-order chi connectivity index (χ1) is 14.0. The molecule has 1 aliphatic carbocycles. The molecular formula is C20H21FN8. The van der Waals surface area contributed by atoms with E-state index in [9.17, 15) is 4.39 Å². The Bertz CT molecular complexity index is 1180. The topological polar surface area (TPSA) is 112 Å². The lowest BCUT2D eigenvalue weighted by molar-refractivity contribution is 0.466. The van der Waals surface area contributed by atoms with Crippen LogP contribution in [0.3, 0.4) is 0 Å². The van der Waals surface area contributed by atoms with Gasteiger partial charge in [-0.2, -0.15) is 10.1 Å². The fraction of sp³-hybridized carbons (Fsp3) is 0.300. The minimum absolute atomic E-state index is 0.0482. The van der Waals surface area contributed by atoms with Crippen molar-refractivity contribution in [2.75, 3.05) is 17.7 Å². The van der Waals surface area contributed by atoms with Gasteiger partial charge in [0.15, 0.2) is 0 Å². The lowest BCUT2D eigenvalue weighted by atomic mass is 10.2. The molecule has 8 nitrogen and oxygen atoms in total. The number of pyridine rings is 1. The minimum Gasteiger partial charge on any atom is -0.383 e. The average Bonchev–Trinajstić information content (AvgIpc) is 3.13. The van der Waals surface area contributed by atoms with Crippen molar-refractivity contribution in [1.82, 2.24) is 30.1 Å². The van der Waals surface area contributed by atoms with Gasteiger partial charge in [-0.05, 0) is 37.6 Å². The number of hydrogen-bond donors (Lipinski definition) is 3. The molecule has 0 aromatic carbocycles. The van der Waals surface area contributed by atoms with Crippen LogP contribution in [0.5, 0.6) is 0 Å². The highest BCUT2D eigenvalue weighted by Gasteiger charge is 2.40. The molecule has 0 aliphatic heterocycles. The van der Waals surface area contributed by atoms with E-state index in [0.29, 0.717) is 29.4 Å². The minimum atomic E-state index is -0.784. The number of halogens is 1. The standard InChI is InChI=1S/C20H21FN8/c1-10(14-3-4-15-16(25-14)5-6-23-15)29(2)20-24-9-12(19(22)26-20)18-8-17(27-28-18)11-7-13(11)21/h3-6,8-11,13,23H,7H2,1-2H3,(H,27,28)(H2,22,24,26)/t10-,11-,13-/m1/s1. The molecule has 0 spiro atoms. The van der Waals surface area contributed by atoms with Crippen LogP contribution in [0.4, 0.5) is 16.2 Å². The lowest BCUT2D eigenvalue weighted by Crippen LogP contribution is -2.24. The van der Waals surface area contributed by atoms with E-state index in [1.807, 2.05) is 49.3 Å². The van der Waals surface area contributed by atoms with E-state index in [1.54, 1.807) is 6.20 Å². The SMILES string of the molecule is C[C@H](c1ccc2[nH]ccc2n1)N(C)c1ncc(-c2cc([C@@H]3C[C@H]3F)[nH]n2)c(N)n1. The molecule has 5 rings (SSSR count). The Morgan fingerprint density at radius 2 is 2.10 bits per heavy atom. The number of anilines is 2. The van der Waals surface area contributed by atoms with Gasteiger partial charge in [0, 0.05) is 31.1 Å². The summed E-state index contributed by atoms with van der Waals surface area (Å²) in [5.74, 6) is 0.736. The van der Waals surface area contributed by atoms with E-state index in [2.05, 4.69) is 25.1 Å². The van der Waals surface area contributed by atoms with Gasteiger partial charge >= 0.3 is 0 Å². The summed E-state index contributed by atoms with van der Waals surface area (Å²) >= 11 is 0. The van der Waals surface area contributed by atoms with E-state index in [4.69, 9.17) is 10.7 Å². The van der Waals surface area contributed by atoms with E-state index < -0.39 is 6.17 Å². The average molecular weight is 392 g/mol. The van der Waals surface area contributed by atoms with Crippen LogP contribution in [0, 0.1) is 0 Å². The first kappa shape index (κ1) is 17.6. The number of nitrogens with zero attached hydrogens (tertiary/aromatic N) is 5. The summed E-state index contributed by atoms with van der Waals surface area (Å²) in [5.41, 5.74) is 11.1. The quantitative estimate of drug-likeness (QED) is 0.480. The van der Waals surface area contributed by atoms with Crippen molar-refractivity contribution in [3.63, 3.8) is 0 Å². The summed E-state index contributed by atoms with van der Waals surface area (Å²) in [6, 6.07) is 7.71. The van der Waals surface area contributed by atoms with Crippen LogP contribution in [0.1, 0.15) is 36.7 Å². The van der Waals surface area contributed by atoms with Gasteiger partial charge in [-0.25, -0.2) is 14.4 Å². The van der Waals surface area contributed by atoms with Crippen molar-refractivity contribution >= 4 is 22.8 Å². The summed E-state index contributed by atoms with van der Waals surface area (Å²) in [4.78, 5) is 18.7. The molecule has 4 aromatic rings. The van der Waals surface area contributed by atoms with Crippen molar-refractivity contribution in [3.05, 3.63) is 48.0 Å². The third kappa shape index (κ3) is 3.08. The molecule has 4 N–H and O–H groups in total. The van der Waals surface area contributed by atoms with Gasteiger partial charge in [0.1, 0.15) is 12.0 Å². The number of rotatable bonds is 5. The van der Waals surface area contributed by atoms with Crippen molar-refractivity contribution in [3.8, 4) is 11.3 Å². The van der Waals surface area contributed by atoms with E-state index in [1.165, 1.54) is 0 Å². The van der Waals surface area contributed by atoms with E-state index in [0.717, 1.165) is 22.4 Å². The normalized spacial score (nSPS) is 19.4. The molecule has 29 heavy (non-hydrogen) atoms. The third-order valence-electron chi connectivity index (χ3n) is 5.54. The van der Waals surface area contributed by atoms with Gasteiger partial charge < -0.3 is 15.6 Å². The lowest BCUT2D eigenvalue weighted by Gasteiger charge is -2.24. The monoisotopic (exact) mass is 392 g/mol. The largest absolute Gasteiger partial charge is 0.383 e. The maximum atomic E-state index is 13.3. The Morgan fingerprint density at radius 3 is 2.86 bits per heavy atom. The number of nitrogens with one attached hydrogen (secondary N) is 2. The third-order valence-corrected chi connectivity index (χ3v) is 5.54. The molecule has 0 unspecified atom stereocenters. The van der Waals surface area contributed by atoms with Crippen molar-refractivity contribution in [2.24, 2.45) is 0 Å². The molecule has 9 heteroatoms. The Balaban J connectivity index is 1.39. The van der Waals surface area contributed by atoms with Gasteiger partial charge in [0.05, 0.1) is 34.0 Å².